The van der Waals surface area contributed by atoms with Crippen LogP contribution in [0.25, 0.3) is 0 Å². The van der Waals surface area contributed by atoms with Crippen molar-refractivity contribution < 1.29 is 14.1 Å². The lowest BCUT2D eigenvalue weighted by molar-refractivity contribution is -0.385. The van der Waals surface area contributed by atoms with Crippen LogP contribution in [0.3, 0.4) is 0 Å². The van der Waals surface area contributed by atoms with Crippen molar-refractivity contribution in [3.63, 3.8) is 0 Å². The van der Waals surface area contributed by atoms with Gasteiger partial charge in [0.15, 0.2) is 0 Å². The number of nitrogens with zero attached hydrogens (tertiary/aromatic N) is 1. The molecule has 0 aliphatic rings. The average Bonchev–Trinajstić information content (AvgIpc) is 2.46. The second kappa shape index (κ2) is 6.45. The van der Waals surface area contributed by atoms with Crippen LogP contribution >= 0.6 is 15.9 Å². The van der Waals surface area contributed by atoms with Gasteiger partial charge in [-0.2, -0.15) is 0 Å². The fourth-order valence-corrected chi connectivity index (χ4v) is 2.09. The minimum atomic E-state index is -0.830. The van der Waals surface area contributed by atoms with Gasteiger partial charge in [0.25, 0.3) is 11.6 Å². The molecule has 0 aliphatic carbocycles. The molecular weight excluding hydrogens is 343 g/mol. The molecule has 1 N–H and O–H groups in total. The Kier molecular flexibility index (Phi) is 4.64. The number of anilines is 1. The van der Waals surface area contributed by atoms with E-state index < -0.39 is 22.3 Å². The Labute approximate surface area is 128 Å². The van der Waals surface area contributed by atoms with Crippen molar-refractivity contribution >= 4 is 33.2 Å². The Bertz CT molecular complexity index is 706. The summed E-state index contributed by atoms with van der Waals surface area (Å²) < 4.78 is 13.3. The lowest BCUT2D eigenvalue weighted by Crippen LogP contribution is -2.12. The van der Waals surface area contributed by atoms with Gasteiger partial charge in [-0.05, 0) is 23.8 Å². The summed E-state index contributed by atoms with van der Waals surface area (Å²) in [5.41, 5.74) is 0.919. The van der Waals surface area contributed by atoms with Gasteiger partial charge in [0.05, 0.1) is 11.0 Å². The van der Waals surface area contributed by atoms with Gasteiger partial charge in [0.2, 0.25) is 0 Å². The monoisotopic (exact) mass is 352 g/mol. The first kappa shape index (κ1) is 15.1. The first-order valence-corrected chi connectivity index (χ1v) is 7.03. The standard InChI is InChI=1S/C14H10BrFN2O3/c15-8-9-2-1-3-12(4-9)17-14(19)10-5-11(16)7-13(6-10)18(20)21/h1-7H,8H2,(H,17,19). The third kappa shape index (κ3) is 3.85. The predicted octanol–water partition coefficient (Wildman–Crippen LogP) is 3.88. The minimum absolute atomic E-state index is 0.106. The molecule has 0 saturated carbocycles. The molecule has 21 heavy (non-hydrogen) atoms. The number of alkyl halides is 1. The van der Waals surface area contributed by atoms with Gasteiger partial charge in [0, 0.05) is 22.6 Å². The van der Waals surface area contributed by atoms with Crippen LogP contribution in [0.4, 0.5) is 15.8 Å². The molecule has 0 heterocycles. The Morgan fingerprint density at radius 3 is 2.71 bits per heavy atom. The molecule has 0 aromatic heterocycles. The lowest BCUT2D eigenvalue weighted by Gasteiger charge is -2.06. The molecule has 108 valence electrons. The number of carbonyl (C=O) groups is 1. The van der Waals surface area contributed by atoms with Crippen molar-refractivity contribution in [1.29, 1.82) is 0 Å². The Morgan fingerprint density at radius 2 is 2.05 bits per heavy atom. The van der Waals surface area contributed by atoms with E-state index in [1.54, 1.807) is 18.2 Å². The molecule has 0 saturated heterocycles. The van der Waals surface area contributed by atoms with Gasteiger partial charge in [0.1, 0.15) is 5.82 Å². The smallest absolute Gasteiger partial charge is 0.273 e. The molecule has 0 spiro atoms. The van der Waals surface area contributed by atoms with E-state index in [-0.39, 0.29) is 5.56 Å². The summed E-state index contributed by atoms with van der Waals surface area (Å²) in [5.74, 6) is -1.44. The average molecular weight is 353 g/mol. The van der Waals surface area contributed by atoms with E-state index in [1.807, 2.05) is 6.07 Å². The van der Waals surface area contributed by atoms with Crippen LogP contribution in [0.5, 0.6) is 0 Å². The number of hydrogen-bond acceptors (Lipinski definition) is 3. The zero-order valence-electron chi connectivity index (χ0n) is 10.7. The number of nitrogens with one attached hydrogen (secondary N) is 1. The lowest BCUT2D eigenvalue weighted by atomic mass is 10.1. The summed E-state index contributed by atoms with van der Waals surface area (Å²) in [5, 5.41) is 13.9. The predicted molar refractivity (Wildman–Crippen MR) is 80.1 cm³/mol. The summed E-state index contributed by atoms with van der Waals surface area (Å²) in [7, 11) is 0. The summed E-state index contributed by atoms with van der Waals surface area (Å²) in [6.45, 7) is 0. The fraction of sp³-hybridized carbons (Fsp3) is 0.0714. The van der Waals surface area contributed by atoms with Crippen LogP contribution in [0.1, 0.15) is 15.9 Å². The molecule has 2 rings (SSSR count). The highest BCUT2D eigenvalue weighted by Gasteiger charge is 2.14. The molecule has 0 atom stereocenters. The summed E-state index contributed by atoms with van der Waals surface area (Å²) in [4.78, 5) is 22.0. The third-order valence-electron chi connectivity index (χ3n) is 2.69. The number of benzene rings is 2. The second-order valence-electron chi connectivity index (χ2n) is 4.24. The third-order valence-corrected chi connectivity index (χ3v) is 3.34. The molecule has 0 fully saturated rings. The normalized spacial score (nSPS) is 10.2. The number of nitro benzene ring substituents is 1. The number of rotatable bonds is 4. The van der Waals surface area contributed by atoms with E-state index in [0.717, 1.165) is 23.8 Å². The maximum Gasteiger partial charge on any atom is 0.273 e. The van der Waals surface area contributed by atoms with Gasteiger partial charge in [-0.15, -0.1) is 0 Å². The molecule has 2 aromatic rings. The van der Waals surface area contributed by atoms with E-state index in [4.69, 9.17) is 0 Å². The van der Waals surface area contributed by atoms with Crippen LogP contribution in [0, 0.1) is 15.9 Å². The molecule has 0 radical (unpaired) electrons. The number of halogens is 2. The van der Waals surface area contributed by atoms with Crippen LogP contribution < -0.4 is 5.32 Å². The maximum absolute atomic E-state index is 13.3. The van der Waals surface area contributed by atoms with Crippen molar-refractivity contribution in [2.75, 3.05) is 5.32 Å². The van der Waals surface area contributed by atoms with E-state index in [9.17, 15) is 19.3 Å². The van der Waals surface area contributed by atoms with E-state index >= 15 is 0 Å². The first-order valence-electron chi connectivity index (χ1n) is 5.91. The SMILES string of the molecule is O=C(Nc1cccc(CBr)c1)c1cc(F)cc([N+](=O)[O-])c1. The van der Waals surface area contributed by atoms with Gasteiger partial charge < -0.3 is 5.32 Å². The topological polar surface area (TPSA) is 72.2 Å². The molecule has 0 aliphatic heterocycles. The molecule has 0 bridgehead atoms. The molecule has 7 heteroatoms. The molecule has 5 nitrogen and oxygen atoms in total. The molecular formula is C14H10BrFN2O3. The summed E-state index contributed by atoms with van der Waals surface area (Å²) in [6, 6.07) is 9.82. The van der Waals surface area contributed by atoms with Crippen molar-refractivity contribution in [1.82, 2.24) is 0 Å². The Morgan fingerprint density at radius 1 is 1.29 bits per heavy atom. The highest BCUT2D eigenvalue weighted by molar-refractivity contribution is 9.08. The zero-order chi connectivity index (χ0) is 15.4. The second-order valence-corrected chi connectivity index (χ2v) is 4.80. The van der Waals surface area contributed by atoms with Crippen molar-refractivity contribution in [2.24, 2.45) is 0 Å². The number of amides is 1. The van der Waals surface area contributed by atoms with Crippen molar-refractivity contribution in [3.05, 3.63) is 69.5 Å². The van der Waals surface area contributed by atoms with Crippen LogP contribution in [0.2, 0.25) is 0 Å². The van der Waals surface area contributed by atoms with E-state index in [0.29, 0.717) is 11.0 Å². The van der Waals surface area contributed by atoms with Gasteiger partial charge >= 0.3 is 0 Å². The van der Waals surface area contributed by atoms with E-state index in [1.165, 1.54) is 0 Å². The highest BCUT2D eigenvalue weighted by atomic mass is 79.9. The largest absolute Gasteiger partial charge is 0.322 e. The number of hydrogen-bond donors (Lipinski definition) is 1. The van der Waals surface area contributed by atoms with Crippen molar-refractivity contribution in [3.8, 4) is 0 Å². The van der Waals surface area contributed by atoms with E-state index in [2.05, 4.69) is 21.2 Å². The highest BCUT2D eigenvalue weighted by Crippen LogP contribution is 2.18. The van der Waals surface area contributed by atoms with Crippen molar-refractivity contribution in [2.45, 2.75) is 5.33 Å². The first-order chi connectivity index (χ1) is 9.99. The summed E-state index contributed by atoms with van der Waals surface area (Å²) >= 11 is 3.30. The zero-order valence-corrected chi connectivity index (χ0v) is 12.3. The fourth-order valence-electron chi connectivity index (χ4n) is 1.75. The summed E-state index contributed by atoms with van der Waals surface area (Å²) in [6.07, 6.45) is 0. The van der Waals surface area contributed by atoms with Gasteiger partial charge in [-0.3, -0.25) is 14.9 Å². The Balaban J connectivity index is 2.25. The quantitative estimate of drug-likeness (QED) is 0.515. The van der Waals surface area contributed by atoms with Crippen LogP contribution in [0.15, 0.2) is 42.5 Å². The molecule has 1 amide bonds. The molecule has 2 aromatic carbocycles. The minimum Gasteiger partial charge on any atom is -0.322 e. The van der Waals surface area contributed by atoms with Crippen LogP contribution in [-0.2, 0) is 5.33 Å². The number of non-ortho nitro benzene ring substituents is 1. The number of nitro groups is 1. The number of carbonyl (C=O) groups excluding carboxylic acids is 1. The molecule has 0 unspecified atom stereocenters. The van der Waals surface area contributed by atoms with Gasteiger partial charge in [-0.25, -0.2) is 4.39 Å². The van der Waals surface area contributed by atoms with Gasteiger partial charge in [-0.1, -0.05) is 28.1 Å². The van der Waals surface area contributed by atoms with Crippen LogP contribution in [-0.4, -0.2) is 10.8 Å². The Hall–Kier alpha value is -2.28. The maximum atomic E-state index is 13.3.